The van der Waals surface area contributed by atoms with Crippen LogP contribution in [-0.4, -0.2) is 10.9 Å². The number of hydrogen-bond acceptors (Lipinski definition) is 3. The van der Waals surface area contributed by atoms with Crippen LogP contribution in [0.5, 0.6) is 0 Å². The average molecular weight is 182 g/mol. The van der Waals surface area contributed by atoms with Crippen LogP contribution in [0.4, 0.5) is 0 Å². The maximum Gasteiger partial charge on any atom is 0.223 e. The number of thiazole rings is 1. The van der Waals surface area contributed by atoms with Gasteiger partial charge in [-0.3, -0.25) is 4.79 Å². The highest BCUT2D eigenvalue weighted by Gasteiger charge is 2.29. The van der Waals surface area contributed by atoms with E-state index >= 15 is 0 Å². The van der Waals surface area contributed by atoms with Crippen LogP contribution in [0.3, 0.4) is 0 Å². The summed E-state index contributed by atoms with van der Waals surface area (Å²) in [6.07, 6.45) is 3.87. The van der Waals surface area contributed by atoms with Crippen LogP contribution in [0, 0.1) is 5.92 Å². The quantitative estimate of drug-likeness (QED) is 0.762. The van der Waals surface area contributed by atoms with Gasteiger partial charge in [0.15, 0.2) is 0 Å². The van der Waals surface area contributed by atoms with Crippen LogP contribution in [-0.2, 0) is 11.3 Å². The van der Waals surface area contributed by atoms with Crippen molar-refractivity contribution in [1.82, 2.24) is 10.3 Å². The molecule has 0 atom stereocenters. The van der Waals surface area contributed by atoms with Gasteiger partial charge in [0.2, 0.25) is 5.91 Å². The third kappa shape index (κ3) is 1.82. The fourth-order valence-electron chi connectivity index (χ4n) is 0.993. The van der Waals surface area contributed by atoms with Crippen LogP contribution < -0.4 is 5.32 Å². The van der Waals surface area contributed by atoms with E-state index in [1.165, 1.54) is 0 Å². The van der Waals surface area contributed by atoms with E-state index in [2.05, 4.69) is 10.3 Å². The van der Waals surface area contributed by atoms with Crippen molar-refractivity contribution in [2.45, 2.75) is 19.4 Å². The van der Waals surface area contributed by atoms with Gasteiger partial charge in [0, 0.05) is 17.5 Å². The molecule has 1 aliphatic rings. The van der Waals surface area contributed by atoms with E-state index in [-0.39, 0.29) is 5.91 Å². The van der Waals surface area contributed by atoms with Crippen LogP contribution in [0.2, 0.25) is 0 Å². The first-order valence-electron chi connectivity index (χ1n) is 4.02. The number of rotatable bonds is 3. The SMILES string of the molecule is O=C(NCc1nccs1)C1CC1. The highest BCUT2D eigenvalue weighted by Crippen LogP contribution is 2.28. The Morgan fingerprint density at radius 2 is 2.58 bits per heavy atom. The molecule has 0 bridgehead atoms. The Morgan fingerprint density at radius 3 is 3.17 bits per heavy atom. The first-order chi connectivity index (χ1) is 5.86. The van der Waals surface area contributed by atoms with Crippen molar-refractivity contribution in [2.75, 3.05) is 0 Å². The molecule has 2 rings (SSSR count). The number of nitrogens with one attached hydrogen (secondary N) is 1. The zero-order chi connectivity index (χ0) is 8.39. The molecule has 1 heterocycles. The van der Waals surface area contributed by atoms with E-state index in [0.717, 1.165) is 17.8 Å². The minimum Gasteiger partial charge on any atom is -0.349 e. The molecule has 12 heavy (non-hydrogen) atoms. The molecule has 1 saturated carbocycles. The van der Waals surface area contributed by atoms with Gasteiger partial charge in [0.05, 0.1) is 6.54 Å². The van der Waals surface area contributed by atoms with Gasteiger partial charge >= 0.3 is 0 Å². The summed E-state index contributed by atoms with van der Waals surface area (Å²) in [5.41, 5.74) is 0. The Hall–Kier alpha value is -0.900. The summed E-state index contributed by atoms with van der Waals surface area (Å²) in [4.78, 5) is 15.2. The summed E-state index contributed by atoms with van der Waals surface area (Å²) in [5.74, 6) is 0.482. The van der Waals surface area contributed by atoms with Crippen molar-refractivity contribution >= 4 is 17.2 Å². The van der Waals surface area contributed by atoms with E-state index in [0.29, 0.717) is 12.5 Å². The first kappa shape index (κ1) is 7.73. The Labute approximate surface area is 74.8 Å². The van der Waals surface area contributed by atoms with Gasteiger partial charge < -0.3 is 5.32 Å². The van der Waals surface area contributed by atoms with Crippen LogP contribution in [0.25, 0.3) is 0 Å². The molecule has 1 N–H and O–H groups in total. The normalized spacial score (nSPS) is 16.0. The Balaban J connectivity index is 1.78. The van der Waals surface area contributed by atoms with Crippen molar-refractivity contribution in [3.63, 3.8) is 0 Å². The molecular formula is C8H10N2OS. The van der Waals surface area contributed by atoms with E-state index in [1.807, 2.05) is 5.38 Å². The van der Waals surface area contributed by atoms with Gasteiger partial charge in [-0.1, -0.05) is 0 Å². The smallest absolute Gasteiger partial charge is 0.223 e. The highest BCUT2D eigenvalue weighted by atomic mass is 32.1. The van der Waals surface area contributed by atoms with Crippen molar-refractivity contribution in [1.29, 1.82) is 0 Å². The van der Waals surface area contributed by atoms with Gasteiger partial charge in [-0.2, -0.15) is 0 Å². The van der Waals surface area contributed by atoms with E-state index in [4.69, 9.17) is 0 Å². The van der Waals surface area contributed by atoms with Gasteiger partial charge in [0.25, 0.3) is 0 Å². The molecule has 0 spiro atoms. The molecule has 1 aromatic heterocycles. The monoisotopic (exact) mass is 182 g/mol. The van der Waals surface area contributed by atoms with Crippen LogP contribution in [0.15, 0.2) is 11.6 Å². The second kappa shape index (κ2) is 3.23. The van der Waals surface area contributed by atoms with Crippen LogP contribution in [0.1, 0.15) is 17.8 Å². The van der Waals surface area contributed by atoms with Crippen molar-refractivity contribution in [3.8, 4) is 0 Å². The fraction of sp³-hybridized carbons (Fsp3) is 0.500. The molecule has 0 aromatic carbocycles. The van der Waals surface area contributed by atoms with E-state index in [9.17, 15) is 4.79 Å². The average Bonchev–Trinajstić information content (AvgIpc) is 2.80. The van der Waals surface area contributed by atoms with E-state index < -0.39 is 0 Å². The van der Waals surface area contributed by atoms with Gasteiger partial charge in [-0.05, 0) is 12.8 Å². The lowest BCUT2D eigenvalue weighted by molar-refractivity contribution is -0.122. The van der Waals surface area contributed by atoms with Crippen LogP contribution >= 0.6 is 11.3 Å². The lowest BCUT2D eigenvalue weighted by Crippen LogP contribution is -2.23. The lowest BCUT2D eigenvalue weighted by atomic mass is 10.4. The molecule has 0 saturated heterocycles. The maximum absolute atomic E-state index is 11.2. The highest BCUT2D eigenvalue weighted by molar-refractivity contribution is 7.09. The Morgan fingerprint density at radius 1 is 1.75 bits per heavy atom. The number of hydrogen-bond donors (Lipinski definition) is 1. The van der Waals surface area contributed by atoms with Crippen molar-refractivity contribution in [3.05, 3.63) is 16.6 Å². The molecule has 0 aliphatic heterocycles. The molecular weight excluding hydrogens is 172 g/mol. The standard InChI is InChI=1S/C8H10N2OS/c11-8(6-1-2-6)10-5-7-9-3-4-12-7/h3-4,6H,1-2,5H2,(H,10,11). The zero-order valence-electron chi connectivity index (χ0n) is 6.62. The molecule has 1 aliphatic carbocycles. The molecule has 1 amide bonds. The fourth-order valence-corrected chi connectivity index (χ4v) is 1.55. The summed E-state index contributed by atoms with van der Waals surface area (Å²) in [6, 6.07) is 0. The Kier molecular flexibility index (Phi) is 2.08. The number of nitrogens with zero attached hydrogens (tertiary/aromatic N) is 1. The third-order valence-corrected chi connectivity index (χ3v) is 2.63. The molecule has 0 radical (unpaired) electrons. The van der Waals surface area contributed by atoms with Crippen molar-refractivity contribution < 1.29 is 4.79 Å². The number of carbonyl (C=O) groups excluding carboxylic acids is 1. The molecule has 0 unspecified atom stereocenters. The number of carbonyl (C=O) groups is 1. The lowest BCUT2D eigenvalue weighted by Gasteiger charge is -1.99. The second-order valence-corrected chi connectivity index (χ2v) is 3.90. The molecule has 4 heteroatoms. The van der Waals surface area contributed by atoms with Gasteiger partial charge in [-0.25, -0.2) is 4.98 Å². The van der Waals surface area contributed by atoms with Gasteiger partial charge in [0.1, 0.15) is 5.01 Å². The van der Waals surface area contributed by atoms with E-state index in [1.54, 1.807) is 17.5 Å². The number of aromatic nitrogens is 1. The summed E-state index contributed by atoms with van der Waals surface area (Å²) >= 11 is 1.57. The molecule has 1 fully saturated rings. The maximum atomic E-state index is 11.2. The number of amides is 1. The zero-order valence-corrected chi connectivity index (χ0v) is 7.43. The largest absolute Gasteiger partial charge is 0.349 e. The predicted molar refractivity (Wildman–Crippen MR) is 46.7 cm³/mol. The minimum absolute atomic E-state index is 0.185. The van der Waals surface area contributed by atoms with Gasteiger partial charge in [-0.15, -0.1) is 11.3 Å². The van der Waals surface area contributed by atoms with Crippen molar-refractivity contribution in [2.24, 2.45) is 5.92 Å². The Bertz CT molecular complexity index is 267. The summed E-state index contributed by atoms with van der Waals surface area (Å²) in [5, 5.41) is 5.75. The summed E-state index contributed by atoms with van der Waals surface area (Å²) < 4.78 is 0. The first-order valence-corrected chi connectivity index (χ1v) is 4.90. The molecule has 64 valence electrons. The molecule has 1 aromatic rings. The summed E-state index contributed by atoms with van der Waals surface area (Å²) in [7, 11) is 0. The minimum atomic E-state index is 0.185. The molecule has 3 nitrogen and oxygen atoms in total. The second-order valence-electron chi connectivity index (χ2n) is 2.92. The topological polar surface area (TPSA) is 42.0 Å². The summed E-state index contributed by atoms with van der Waals surface area (Å²) in [6.45, 7) is 0.590. The third-order valence-electron chi connectivity index (χ3n) is 1.85. The predicted octanol–water partition coefficient (Wildman–Crippen LogP) is 1.17.